The maximum Gasteiger partial charge on any atom is 0.319 e. The number of methoxy groups -OCH3 is 1. The monoisotopic (exact) mass is 435 g/mol. The predicted molar refractivity (Wildman–Crippen MR) is 122 cm³/mol. The van der Waals surface area contributed by atoms with E-state index in [1.807, 2.05) is 49.4 Å². The SMILES string of the molecule is COc1ccc2ccccc2c1[C@H]1NC(=O)NC(C)=C1C(=O)Nc1cc(Cl)ccc1C. The Bertz CT molecular complexity index is 1240. The summed E-state index contributed by atoms with van der Waals surface area (Å²) < 4.78 is 5.61. The Morgan fingerprint density at radius 1 is 1.10 bits per heavy atom. The summed E-state index contributed by atoms with van der Waals surface area (Å²) in [7, 11) is 1.57. The number of urea groups is 1. The second-order valence-electron chi connectivity index (χ2n) is 7.39. The van der Waals surface area contributed by atoms with E-state index >= 15 is 0 Å². The van der Waals surface area contributed by atoms with Crippen LogP contribution in [-0.4, -0.2) is 19.0 Å². The molecule has 3 aromatic carbocycles. The van der Waals surface area contributed by atoms with Crippen molar-refractivity contribution >= 4 is 40.0 Å². The number of hydrogen-bond donors (Lipinski definition) is 3. The van der Waals surface area contributed by atoms with Crippen molar-refractivity contribution in [1.29, 1.82) is 0 Å². The van der Waals surface area contributed by atoms with Gasteiger partial charge in [0.25, 0.3) is 5.91 Å². The van der Waals surface area contributed by atoms with Gasteiger partial charge < -0.3 is 20.7 Å². The first-order chi connectivity index (χ1) is 14.9. The largest absolute Gasteiger partial charge is 0.496 e. The normalized spacial score (nSPS) is 16.0. The highest BCUT2D eigenvalue weighted by Crippen LogP contribution is 2.38. The van der Waals surface area contributed by atoms with Crippen LogP contribution in [0.15, 0.2) is 65.9 Å². The number of aryl methyl sites for hydroxylation is 1. The summed E-state index contributed by atoms with van der Waals surface area (Å²) in [6.07, 6.45) is 0. The van der Waals surface area contributed by atoms with Crippen LogP contribution in [0.25, 0.3) is 10.8 Å². The van der Waals surface area contributed by atoms with E-state index in [0.717, 1.165) is 21.9 Å². The van der Waals surface area contributed by atoms with Gasteiger partial charge in [-0.15, -0.1) is 0 Å². The molecule has 0 aromatic heterocycles. The van der Waals surface area contributed by atoms with Crippen LogP contribution in [0.1, 0.15) is 24.1 Å². The average Bonchev–Trinajstić information content (AvgIpc) is 2.74. The van der Waals surface area contributed by atoms with Gasteiger partial charge in [-0.25, -0.2) is 4.79 Å². The summed E-state index contributed by atoms with van der Waals surface area (Å²) in [5.41, 5.74) is 3.08. The number of carbonyl (C=O) groups excluding carboxylic acids is 2. The number of allylic oxidation sites excluding steroid dienone is 1. The minimum absolute atomic E-state index is 0.338. The summed E-state index contributed by atoms with van der Waals surface area (Å²) in [5.74, 6) is 0.248. The Kier molecular flexibility index (Phi) is 5.57. The first kappa shape index (κ1) is 20.8. The number of halogens is 1. The first-order valence-corrected chi connectivity index (χ1v) is 10.2. The Labute approximate surface area is 185 Å². The standard InChI is InChI=1S/C24H22ClN3O3/c1-13-8-10-16(25)12-18(13)27-23(29)20-14(2)26-24(30)28-22(20)21-17-7-5-4-6-15(17)9-11-19(21)31-3/h4-12,22H,1-3H3,(H,27,29)(H2,26,28,30)/t22-/m0/s1. The Morgan fingerprint density at radius 3 is 2.65 bits per heavy atom. The molecule has 3 N–H and O–H groups in total. The molecule has 0 fully saturated rings. The molecule has 4 rings (SSSR count). The fourth-order valence-electron chi connectivity index (χ4n) is 3.88. The molecule has 1 aliphatic rings. The summed E-state index contributed by atoms with van der Waals surface area (Å²) in [6.45, 7) is 3.60. The molecule has 1 aliphatic heterocycles. The molecular weight excluding hydrogens is 414 g/mol. The molecule has 0 saturated heterocycles. The van der Waals surface area contributed by atoms with Crippen molar-refractivity contribution in [3.05, 3.63) is 82.0 Å². The lowest BCUT2D eigenvalue weighted by Gasteiger charge is -2.30. The van der Waals surface area contributed by atoms with Crippen LogP contribution in [0.5, 0.6) is 5.75 Å². The van der Waals surface area contributed by atoms with Crippen LogP contribution in [0.4, 0.5) is 10.5 Å². The number of rotatable bonds is 4. The number of benzene rings is 3. The Morgan fingerprint density at radius 2 is 1.87 bits per heavy atom. The number of carbonyl (C=O) groups is 2. The minimum Gasteiger partial charge on any atom is -0.496 e. The van der Waals surface area contributed by atoms with Crippen molar-refractivity contribution in [2.24, 2.45) is 0 Å². The van der Waals surface area contributed by atoms with Gasteiger partial charge in [-0.05, 0) is 48.4 Å². The third-order valence-electron chi connectivity index (χ3n) is 5.40. The zero-order chi connectivity index (χ0) is 22.1. The van der Waals surface area contributed by atoms with Gasteiger partial charge in [0.15, 0.2) is 0 Å². The third kappa shape index (κ3) is 3.94. The molecule has 0 spiro atoms. The summed E-state index contributed by atoms with van der Waals surface area (Å²) in [6, 6.07) is 15.8. The maximum atomic E-state index is 13.4. The molecule has 0 bridgehead atoms. The van der Waals surface area contributed by atoms with E-state index in [0.29, 0.717) is 27.7 Å². The summed E-state index contributed by atoms with van der Waals surface area (Å²) in [4.78, 5) is 25.8. The lowest BCUT2D eigenvalue weighted by molar-refractivity contribution is -0.113. The Hall–Kier alpha value is -3.51. The molecule has 0 aliphatic carbocycles. The van der Waals surface area contributed by atoms with E-state index in [-0.39, 0.29) is 11.9 Å². The zero-order valence-electron chi connectivity index (χ0n) is 17.4. The van der Waals surface area contributed by atoms with E-state index in [2.05, 4.69) is 16.0 Å². The second kappa shape index (κ2) is 8.32. The van der Waals surface area contributed by atoms with Crippen LogP contribution in [0.2, 0.25) is 5.02 Å². The topological polar surface area (TPSA) is 79.5 Å². The molecule has 1 heterocycles. The van der Waals surface area contributed by atoms with Crippen molar-refractivity contribution in [3.63, 3.8) is 0 Å². The highest BCUT2D eigenvalue weighted by molar-refractivity contribution is 6.31. The van der Waals surface area contributed by atoms with Crippen LogP contribution in [-0.2, 0) is 4.79 Å². The van der Waals surface area contributed by atoms with Gasteiger partial charge in [0.05, 0.1) is 18.7 Å². The fourth-order valence-corrected chi connectivity index (χ4v) is 4.05. The second-order valence-corrected chi connectivity index (χ2v) is 7.82. The number of ether oxygens (including phenoxy) is 1. The van der Waals surface area contributed by atoms with Gasteiger partial charge in [-0.1, -0.05) is 48.0 Å². The van der Waals surface area contributed by atoms with Gasteiger partial charge in [0, 0.05) is 22.0 Å². The van der Waals surface area contributed by atoms with Crippen molar-refractivity contribution < 1.29 is 14.3 Å². The molecule has 31 heavy (non-hydrogen) atoms. The number of hydrogen-bond acceptors (Lipinski definition) is 3. The molecule has 0 saturated carbocycles. The van der Waals surface area contributed by atoms with Crippen molar-refractivity contribution in [2.75, 3.05) is 12.4 Å². The quantitative estimate of drug-likeness (QED) is 0.534. The van der Waals surface area contributed by atoms with Crippen LogP contribution < -0.4 is 20.7 Å². The molecule has 3 aromatic rings. The summed E-state index contributed by atoms with van der Waals surface area (Å²) in [5, 5.41) is 10.9. The van der Waals surface area contributed by atoms with E-state index in [4.69, 9.17) is 16.3 Å². The van der Waals surface area contributed by atoms with Crippen LogP contribution in [0, 0.1) is 6.92 Å². The molecule has 0 unspecified atom stereocenters. The smallest absolute Gasteiger partial charge is 0.319 e. The highest BCUT2D eigenvalue weighted by atomic mass is 35.5. The van der Waals surface area contributed by atoms with Crippen molar-refractivity contribution in [1.82, 2.24) is 10.6 Å². The lowest BCUT2D eigenvalue weighted by atomic mass is 9.90. The zero-order valence-corrected chi connectivity index (χ0v) is 18.1. The van der Waals surface area contributed by atoms with Crippen molar-refractivity contribution in [3.8, 4) is 5.75 Å². The van der Waals surface area contributed by atoms with Gasteiger partial charge in [0.1, 0.15) is 5.75 Å². The van der Waals surface area contributed by atoms with Gasteiger partial charge in [0.2, 0.25) is 0 Å². The first-order valence-electron chi connectivity index (χ1n) is 9.80. The minimum atomic E-state index is -0.700. The number of anilines is 1. The average molecular weight is 436 g/mol. The third-order valence-corrected chi connectivity index (χ3v) is 5.64. The van der Waals surface area contributed by atoms with Crippen molar-refractivity contribution in [2.45, 2.75) is 19.9 Å². The molecule has 1 atom stereocenters. The molecule has 3 amide bonds. The van der Waals surface area contributed by atoms with Gasteiger partial charge in [-0.3, -0.25) is 4.79 Å². The van der Waals surface area contributed by atoms with Gasteiger partial charge in [-0.2, -0.15) is 0 Å². The summed E-state index contributed by atoms with van der Waals surface area (Å²) >= 11 is 6.11. The van der Waals surface area contributed by atoms with E-state index in [9.17, 15) is 9.59 Å². The Balaban J connectivity index is 1.85. The lowest BCUT2D eigenvalue weighted by Crippen LogP contribution is -2.46. The van der Waals surface area contributed by atoms with Crippen LogP contribution in [0.3, 0.4) is 0 Å². The van der Waals surface area contributed by atoms with Gasteiger partial charge >= 0.3 is 6.03 Å². The highest BCUT2D eigenvalue weighted by Gasteiger charge is 2.34. The van der Waals surface area contributed by atoms with Crippen LogP contribution >= 0.6 is 11.6 Å². The van der Waals surface area contributed by atoms with E-state index < -0.39 is 6.04 Å². The molecule has 7 heteroatoms. The molecule has 6 nitrogen and oxygen atoms in total. The number of nitrogens with one attached hydrogen (secondary N) is 3. The molecular formula is C24H22ClN3O3. The number of fused-ring (bicyclic) bond motifs is 1. The maximum absolute atomic E-state index is 13.4. The van der Waals surface area contributed by atoms with E-state index in [1.165, 1.54) is 0 Å². The fraction of sp³-hybridized carbons (Fsp3) is 0.167. The number of amides is 3. The molecule has 0 radical (unpaired) electrons. The van der Waals surface area contributed by atoms with E-state index in [1.54, 1.807) is 26.2 Å². The predicted octanol–water partition coefficient (Wildman–Crippen LogP) is 5.08. The molecule has 158 valence electrons.